The van der Waals surface area contributed by atoms with E-state index in [9.17, 15) is 0 Å². The quantitative estimate of drug-likeness (QED) is 0.661. The molecule has 0 saturated carbocycles. The van der Waals surface area contributed by atoms with Crippen LogP contribution in [0.1, 0.15) is 12.1 Å². The van der Waals surface area contributed by atoms with E-state index in [1.165, 1.54) is 0 Å². The van der Waals surface area contributed by atoms with Crippen molar-refractivity contribution in [3.8, 4) is 5.69 Å². The van der Waals surface area contributed by atoms with Gasteiger partial charge in [-0.25, -0.2) is 0 Å². The van der Waals surface area contributed by atoms with Gasteiger partial charge in [0.25, 0.3) is 0 Å². The lowest BCUT2D eigenvalue weighted by Crippen LogP contribution is -2.17. The summed E-state index contributed by atoms with van der Waals surface area (Å²) < 4.78 is 5.17. The molecule has 2 N–H and O–H groups in total. The second-order valence-corrected chi connectivity index (χ2v) is 4.33. The Morgan fingerprint density at radius 2 is 2.05 bits per heavy atom. The normalized spacial score (nSPS) is 10.8. The Hall–Kier alpha value is -1.76. The number of aliphatic hydroxyl groups is 1. The van der Waals surface area contributed by atoms with Crippen LogP contribution in [0.25, 0.3) is 5.69 Å². The van der Waals surface area contributed by atoms with Crippen molar-refractivity contribution in [2.45, 2.75) is 13.0 Å². The van der Waals surface area contributed by atoms with Gasteiger partial charge in [-0.05, 0) is 25.1 Å². The Bertz CT molecular complexity index is 487. The maximum Gasteiger partial charge on any atom is 0.0969 e. The molecule has 1 heterocycles. The fraction of sp³-hybridized carbons (Fsp3) is 0.429. The zero-order valence-electron chi connectivity index (χ0n) is 11.4. The third-order valence-corrected chi connectivity index (χ3v) is 2.71. The second-order valence-electron chi connectivity index (χ2n) is 4.33. The molecule has 0 bridgehead atoms. The summed E-state index contributed by atoms with van der Waals surface area (Å²) >= 11 is 0. The molecule has 0 amide bonds. The van der Waals surface area contributed by atoms with Crippen molar-refractivity contribution in [3.05, 3.63) is 42.2 Å². The van der Waals surface area contributed by atoms with Gasteiger partial charge in [0, 0.05) is 13.2 Å². The smallest absolute Gasteiger partial charge is 0.0969 e. The van der Waals surface area contributed by atoms with Gasteiger partial charge in [0.15, 0.2) is 0 Å². The molecule has 0 unspecified atom stereocenters. The molecule has 20 heavy (non-hydrogen) atoms. The lowest BCUT2D eigenvalue weighted by Gasteiger charge is -2.03. The van der Waals surface area contributed by atoms with E-state index >= 15 is 0 Å². The zero-order chi connectivity index (χ0) is 14.0. The van der Waals surface area contributed by atoms with Crippen molar-refractivity contribution in [2.24, 2.45) is 0 Å². The van der Waals surface area contributed by atoms with Gasteiger partial charge >= 0.3 is 0 Å². The van der Waals surface area contributed by atoms with Crippen LogP contribution >= 0.6 is 0 Å². The molecular formula is C14H20N4O2. The van der Waals surface area contributed by atoms with E-state index in [0.29, 0.717) is 19.8 Å². The molecule has 0 aliphatic heterocycles. The fourth-order valence-electron chi connectivity index (χ4n) is 1.74. The number of aliphatic hydroxyl groups excluding tert-OH is 1. The summed E-state index contributed by atoms with van der Waals surface area (Å²) in [6.45, 7) is 2.68. The first-order chi connectivity index (χ1) is 9.90. The van der Waals surface area contributed by atoms with Gasteiger partial charge < -0.3 is 15.2 Å². The highest BCUT2D eigenvalue weighted by Crippen LogP contribution is 2.03. The van der Waals surface area contributed by atoms with Crippen LogP contribution in [0.4, 0.5) is 0 Å². The maximum absolute atomic E-state index is 8.56. The number of ether oxygens (including phenoxy) is 1. The van der Waals surface area contributed by atoms with E-state index in [1.807, 2.05) is 30.3 Å². The molecule has 0 radical (unpaired) electrons. The number of benzene rings is 1. The summed E-state index contributed by atoms with van der Waals surface area (Å²) in [7, 11) is 0. The average molecular weight is 276 g/mol. The molecule has 2 aromatic rings. The van der Waals surface area contributed by atoms with E-state index < -0.39 is 0 Å². The fourth-order valence-corrected chi connectivity index (χ4v) is 1.74. The van der Waals surface area contributed by atoms with Gasteiger partial charge in [-0.15, -0.1) is 0 Å². The van der Waals surface area contributed by atoms with Crippen LogP contribution < -0.4 is 5.32 Å². The molecule has 6 heteroatoms. The molecule has 108 valence electrons. The molecule has 1 aromatic heterocycles. The van der Waals surface area contributed by atoms with Crippen LogP contribution in [-0.2, 0) is 11.3 Å². The number of para-hydroxylation sites is 1. The SMILES string of the molecule is OCCOCCCNCc1cnn(-c2ccccc2)n1. The predicted octanol–water partition coefficient (Wildman–Crippen LogP) is 0.756. The minimum Gasteiger partial charge on any atom is -0.394 e. The molecule has 0 spiro atoms. The lowest BCUT2D eigenvalue weighted by atomic mass is 10.3. The third-order valence-electron chi connectivity index (χ3n) is 2.71. The third kappa shape index (κ3) is 4.73. The van der Waals surface area contributed by atoms with Crippen molar-refractivity contribution < 1.29 is 9.84 Å². The highest BCUT2D eigenvalue weighted by Gasteiger charge is 2.01. The molecule has 6 nitrogen and oxygen atoms in total. The van der Waals surface area contributed by atoms with E-state index in [-0.39, 0.29) is 6.61 Å². The highest BCUT2D eigenvalue weighted by atomic mass is 16.5. The van der Waals surface area contributed by atoms with Crippen LogP contribution in [-0.4, -0.2) is 46.5 Å². The monoisotopic (exact) mass is 276 g/mol. The summed E-state index contributed by atoms with van der Waals surface area (Å²) in [5.41, 5.74) is 1.86. The van der Waals surface area contributed by atoms with Gasteiger partial charge in [-0.2, -0.15) is 15.0 Å². The Balaban J connectivity index is 1.69. The Morgan fingerprint density at radius 1 is 1.20 bits per heavy atom. The second kappa shape index (κ2) is 8.42. The number of nitrogens with one attached hydrogen (secondary N) is 1. The molecule has 0 saturated heterocycles. The predicted molar refractivity (Wildman–Crippen MR) is 75.6 cm³/mol. The van der Waals surface area contributed by atoms with Crippen LogP contribution in [0.3, 0.4) is 0 Å². The van der Waals surface area contributed by atoms with E-state index in [0.717, 1.165) is 24.3 Å². The summed E-state index contributed by atoms with van der Waals surface area (Å²) in [6, 6.07) is 9.83. The van der Waals surface area contributed by atoms with Crippen molar-refractivity contribution in [3.63, 3.8) is 0 Å². The summed E-state index contributed by atoms with van der Waals surface area (Å²) in [5, 5.41) is 20.5. The van der Waals surface area contributed by atoms with E-state index in [4.69, 9.17) is 9.84 Å². The maximum atomic E-state index is 8.56. The minimum atomic E-state index is 0.0794. The first-order valence-electron chi connectivity index (χ1n) is 6.76. The van der Waals surface area contributed by atoms with Gasteiger partial charge in [0.05, 0.1) is 30.8 Å². The Labute approximate surface area is 118 Å². The van der Waals surface area contributed by atoms with E-state index in [1.54, 1.807) is 11.0 Å². The molecule has 2 rings (SSSR count). The molecular weight excluding hydrogens is 256 g/mol. The van der Waals surface area contributed by atoms with Crippen molar-refractivity contribution in [1.29, 1.82) is 0 Å². The van der Waals surface area contributed by atoms with Crippen LogP contribution in [0, 0.1) is 0 Å². The molecule has 0 aliphatic carbocycles. The van der Waals surface area contributed by atoms with Crippen LogP contribution in [0.2, 0.25) is 0 Å². The summed E-state index contributed by atoms with van der Waals surface area (Å²) in [4.78, 5) is 1.63. The van der Waals surface area contributed by atoms with Crippen molar-refractivity contribution >= 4 is 0 Å². The molecule has 0 fully saturated rings. The largest absolute Gasteiger partial charge is 0.394 e. The highest BCUT2D eigenvalue weighted by molar-refractivity contribution is 5.28. The van der Waals surface area contributed by atoms with Crippen molar-refractivity contribution in [1.82, 2.24) is 20.3 Å². The number of nitrogens with zero attached hydrogens (tertiary/aromatic N) is 3. The van der Waals surface area contributed by atoms with Gasteiger partial charge in [0.2, 0.25) is 0 Å². The van der Waals surface area contributed by atoms with E-state index in [2.05, 4.69) is 15.5 Å². The Kier molecular flexibility index (Phi) is 6.16. The summed E-state index contributed by atoms with van der Waals surface area (Å²) in [6.07, 6.45) is 2.68. The topological polar surface area (TPSA) is 72.2 Å². The van der Waals surface area contributed by atoms with Crippen LogP contribution in [0.5, 0.6) is 0 Å². The molecule has 0 aliphatic rings. The molecule has 1 aromatic carbocycles. The first-order valence-corrected chi connectivity index (χ1v) is 6.76. The van der Waals surface area contributed by atoms with Gasteiger partial charge in [0.1, 0.15) is 0 Å². The number of hydrogen-bond donors (Lipinski definition) is 2. The Morgan fingerprint density at radius 3 is 2.85 bits per heavy atom. The standard InChI is InChI=1S/C14H20N4O2/c19-8-10-20-9-4-7-15-11-13-12-16-18(17-13)14-5-2-1-3-6-14/h1-3,5-6,12,15,19H,4,7-11H2. The molecule has 0 atom stereocenters. The lowest BCUT2D eigenvalue weighted by molar-refractivity contribution is 0.0907. The van der Waals surface area contributed by atoms with Crippen molar-refractivity contribution in [2.75, 3.05) is 26.4 Å². The number of aromatic nitrogens is 3. The first kappa shape index (κ1) is 14.6. The van der Waals surface area contributed by atoms with Gasteiger partial charge in [-0.1, -0.05) is 18.2 Å². The zero-order valence-corrected chi connectivity index (χ0v) is 11.4. The van der Waals surface area contributed by atoms with Crippen LogP contribution in [0.15, 0.2) is 36.5 Å². The number of hydrogen-bond acceptors (Lipinski definition) is 5. The number of rotatable bonds is 9. The average Bonchev–Trinajstić information content (AvgIpc) is 2.96. The van der Waals surface area contributed by atoms with Gasteiger partial charge in [-0.3, -0.25) is 0 Å². The summed E-state index contributed by atoms with van der Waals surface area (Å²) in [5.74, 6) is 0. The minimum absolute atomic E-state index is 0.0794.